The normalized spacial score (nSPS) is 15.9. The average molecular weight is 385 g/mol. The standard InChI is InChI=1S/C19H20FN5OS/c1-13(19(26)24-9-3-2-4-10-24)27-18-16-11-23-25(17(16)21-12-22-18)15-7-5-14(20)6-8-15/h5-8,11-13H,2-4,9-10H2,1H3. The highest BCUT2D eigenvalue weighted by Crippen LogP contribution is 2.30. The van der Waals surface area contributed by atoms with Gasteiger partial charge in [-0.05, 0) is 50.5 Å². The Morgan fingerprint density at radius 1 is 1.15 bits per heavy atom. The van der Waals surface area contributed by atoms with E-state index >= 15 is 0 Å². The lowest BCUT2D eigenvalue weighted by Crippen LogP contribution is -2.40. The van der Waals surface area contributed by atoms with Crippen LogP contribution in [-0.4, -0.2) is 48.9 Å². The number of hydrogen-bond donors (Lipinski definition) is 0. The number of amides is 1. The highest BCUT2D eigenvalue weighted by atomic mass is 32.2. The van der Waals surface area contributed by atoms with E-state index in [-0.39, 0.29) is 17.0 Å². The SMILES string of the molecule is CC(Sc1ncnc2c1cnn2-c1ccc(F)cc1)C(=O)N1CCCCC1. The molecule has 0 saturated carbocycles. The monoisotopic (exact) mass is 385 g/mol. The third kappa shape index (κ3) is 3.66. The van der Waals surface area contributed by atoms with Crippen molar-refractivity contribution in [2.75, 3.05) is 13.1 Å². The van der Waals surface area contributed by atoms with Crippen molar-refractivity contribution in [2.24, 2.45) is 0 Å². The number of piperidine rings is 1. The maximum absolute atomic E-state index is 13.2. The van der Waals surface area contributed by atoms with Gasteiger partial charge in [0.25, 0.3) is 0 Å². The molecule has 0 spiro atoms. The highest BCUT2D eigenvalue weighted by Gasteiger charge is 2.24. The van der Waals surface area contributed by atoms with Crippen LogP contribution in [0.4, 0.5) is 4.39 Å². The van der Waals surface area contributed by atoms with Gasteiger partial charge in [0.05, 0.1) is 22.5 Å². The Kier molecular flexibility index (Phi) is 5.07. The van der Waals surface area contributed by atoms with Gasteiger partial charge < -0.3 is 4.90 Å². The zero-order chi connectivity index (χ0) is 18.8. The molecule has 1 fully saturated rings. The maximum atomic E-state index is 13.2. The van der Waals surface area contributed by atoms with Crippen LogP contribution in [0.15, 0.2) is 41.8 Å². The van der Waals surface area contributed by atoms with E-state index in [0.717, 1.165) is 42.0 Å². The molecular weight excluding hydrogens is 365 g/mol. The van der Waals surface area contributed by atoms with E-state index in [1.807, 2.05) is 11.8 Å². The van der Waals surface area contributed by atoms with Crippen LogP contribution in [0.1, 0.15) is 26.2 Å². The molecule has 1 saturated heterocycles. The number of benzene rings is 1. The zero-order valence-corrected chi connectivity index (χ0v) is 15.8. The number of aromatic nitrogens is 4. The topological polar surface area (TPSA) is 63.9 Å². The summed E-state index contributed by atoms with van der Waals surface area (Å²) >= 11 is 1.43. The number of halogens is 1. The number of carbonyl (C=O) groups is 1. The van der Waals surface area contributed by atoms with Gasteiger partial charge in [-0.25, -0.2) is 19.0 Å². The van der Waals surface area contributed by atoms with E-state index < -0.39 is 0 Å². The summed E-state index contributed by atoms with van der Waals surface area (Å²) in [5.74, 6) is -0.150. The summed E-state index contributed by atoms with van der Waals surface area (Å²) in [4.78, 5) is 23.3. The molecule has 1 aromatic carbocycles. The van der Waals surface area contributed by atoms with Gasteiger partial charge in [-0.15, -0.1) is 0 Å². The molecule has 3 heterocycles. The summed E-state index contributed by atoms with van der Waals surface area (Å²) in [5, 5.41) is 5.66. The van der Waals surface area contributed by atoms with E-state index in [4.69, 9.17) is 0 Å². The van der Waals surface area contributed by atoms with Crippen molar-refractivity contribution in [3.8, 4) is 5.69 Å². The fourth-order valence-corrected chi connectivity index (χ4v) is 4.24. The van der Waals surface area contributed by atoms with E-state index in [1.165, 1.54) is 36.6 Å². The lowest BCUT2D eigenvalue weighted by atomic mass is 10.1. The van der Waals surface area contributed by atoms with Crippen LogP contribution in [0.2, 0.25) is 0 Å². The molecule has 0 radical (unpaired) electrons. The Bertz CT molecular complexity index is 952. The van der Waals surface area contributed by atoms with E-state index in [0.29, 0.717) is 5.65 Å². The molecule has 140 valence electrons. The number of likely N-dealkylation sites (tertiary alicyclic amines) is 1. The Labute approximate surface area is 160 Å². The second-order valence-corrected chi connectivity index (χ2v) is 7.92. The quantitative estimate of drug-likeness (QED) is 0.508. The lowest BCUT2D eigenvalue weighted by Gasteiger charge is -2.28. The highest BCUT2D eigenvalue weighted by molar-refractivity contribution is 8.00. The third-order valence-corrected chi connectivity index (χ3v) is 5.81. The molecule has 8 heteroatoms. The molecule has 1 atom stereocenters. The van der Waals surface area contributed by atoms with Crippen LogP contribution in [0.25, 0.3) is 16.7 Å². The van der Waals surface area contributed by atoms with Gasteiger partial charge in [0, 0.05) is 13.1 Å². The van der Waals surface area contributed by atoms with Crippen molar-refractivity contribution in [1.82, 2.24) is 24.6 Å². The third-order valence-electron chi connectivity index (χ3n) is 4.70. The fraction of sp³-hybridized carbons (Fsp3) is 0.368. The van der Waals surface area contributed by atoms with Crippen LogP contribution >= 0.6 is 11.8 Å². The molecule has 27 heavy (non-hydrogen) atoms. The largest absolute Gasteiger partial charge is 0.342 e. The summed E-state index contributed by atoms with van der Waals surface area (Å²) in [6, 6.07) is 6.08. The molecule has 1 aliphatic heterocycles. The van der Waals surface area contributed by atoms with Crippen LogP contribution in [0.3, 0.4) is 0 Å². The molecule has 1 unspecified atom stereocenters. The van der Waals surface area contributed by atoms with Crippen molar-refractivity contribution in [1.29, 1.82) is 0 Å². The van der Waals surface area contributed by atoms with Crippen molar-refractivity contribution < 1.29 is 9.18 Å². The number of fused-ring (bicyclic) bond motifs is 1. The Hall–Kier alpha value is -2.48. The van der Waals surface area contributed by atoms with E-state index in [2.05, 4.69) is 15.1 Å². The molecule has 3 aromatic rings. The fourth-order valence-electron chi connectivity index (χ4n) is 3.28. The lowest BCUT2D eigenvalue weighted by molar-refractivity contribution is -0.131. The predicted molar refractivity (Wildman–Crippen MR) is 102 cm³/mol. The predicted octanol–water partition coefficient (Wildman–Crippen LogP) is 3.45. The van der Waals surface area contributed by atoms with Crippen LogP contribution < -0.4 is 0 Å². The molecule has 0 aliphatic carbocycles. The van der Waals surface area contributed by atoms with Crippen LogP contribution in [0, 0.1) is 5.82 Å². The summed E-state index contributed by atoms with van der Waals surface area (Å²) in [5.41, 5.74) is 1.36. The second-order valence-electron chi connectivity index (χ2n) is 6.59. The Balaban J connectivity index is 1.59. The van der Waals surface area contributed by atoms with Gasteiger partial charge in [-0.3, -0.25) is 4.79 Å². The summed E-state index contributed by atoms with van der Waals surface area (Å²) < 4.78 is 14.8. The first-order valence-electron chi connectivity index (χ1n) is 9.03. The summed E-state index contributed by atoms with van der Waals surface area (Å²) in [6.45, 7) is 3.59. The zero-order valence-electron chi connectivity index (χ0n) is 15.0. The van der Waals surface area contributed by atoms with Gasteiger partial charge in [0.15, 0.2) is 5.65 Å². The molecule has 1 aliphatic rings. The molecule has 1 amide bonds. The Morgan fingerprint density at radius 3 is 2.63 bits per heavy atom. The van der Waals surface area contributed by atoms with Crippen LogP contribution in [-0.2, 0) is 4.79 Å². The first kappa shape index (κ1) is 17.9. The Morgan fingerprint density at radius 2 is 1.89 bits per heavy atom. The molecule has 6 nitrogen and oxygen atoms in total. The molecule has 0 N–H and O–H groups in total. The summed E-state index contributed by atoms with van der Waals surface area (Å²) in [6.07, 6.45) is 6.51. The van der Waals surface area contributed by atoms with Crippen molar-refractivity contribution in [3.63, 3.8) is 0 Å². The van der Waals surface area contributed by atoms with Gasteiger partial charge in [-0.2, -0.15) is 5.10 Å². The number of carbonyl (C=O) groups excluding carboxylic acids is 1. The number of rotatable bonds is 4. The molecular formula is C19H20FN5OS. The van der Waals surface area contributed by atoms with Gasteiger partial charge in [-0.1, -0.05) is 11.8 Å². The minimum Gasteiger partial charge on any atom is -0.342 e. The summed E-state index contributed by atoms with van der Waals surface area (Å²) in [7, 11) is 0. The number of thioether (sulfide) groups is 1. The first-order valence-corrected chi connectivity index (χ1v) is 9.91. The van der Waals surface area contributed by atoms with E-state index in [1.54, 1.807) is 23.0 Å². The number of nitrogens with zero attached hydrogens (tertiary/aromatic N) is 5. The number of hydrogen-bond acceptors (Lipinski definition) is 5. The van der Waals surface area contributed by atoms with E-state index in [9.17, 15) is 9.18 Å². The minimum atomic E-state index is -0.300. The maximum Gasteiger partial charge on any atom is 0.235 e. The molecule has 0 bridgehead atoms. The smallest absolute Gasteiger partial charge is 0.235 e. The van der Waals surface area contributed by atoms with Crippen molar-refractivity contribution >= 4 is 28.7 Å². The van der Waals surface area contributed by atoms with Crippen LogP contribution in [0.5, 0.6) is 0 Å². The van der Waals surface area contributed by atoms with Gasteiger partial charge >= 0.3 is 0 Å². The molecule has 4 rings (SSSR count). The van der Waals surface area contributed by atoms with Crippen molar-refractivity contribution in [3.05, 3.63) is 42.6 Å². The second kappa shape index (κ2) is 7.64. The van der Waals surface area contributed by atoms with Crippen molar-refractivity contribution in [2.45, 2.75) is 36.5 Å². The van der Waals surface area contributed by atoms with Gasteiger partial charge in [0.1, 0.15) is 17.2 Å². The average Bonchev–Trinajstić information content (AvgIpc) is 3.14. The first-order chi connectivity index (χ1) is 13.1. The van der Waals surface area contributed by atoms with Gasteiger partial charge in [0.2, 0.25) is 5.91 Å². The molecule has 2 aromatic heterocycles. The minimum absolute atomic E-state index is 0.150.